The Morgan fingerprint density at radius 2 is 1.86 bits per heavy atom. The zero-order chi connectivity index (χ0) is 15.1. The monoisotopic (exact) mass is 289 g/mol. The molecule has 0 aliphatic carbocycles. The average Bonchev–Trinajstić information content (AvgIpc) is 2.55. The maximum atomic E-state index is 4.50. The number of anilines is 1. The fraction of sp³-hybridized carbons (Fsp3) is 0.722. The van der Waals surface area contributed by atoms with Crippen molar-refractivity contribution in [3.05, 3.63) is 23.9 Å². The molecule has 0 unspecified atom stereocenters. The van der Waals surface area contributed by atoms with Gasteiger partial charge in [-0.25, -0.2) is 4.98 Å². The molecule has 0 spiro atoms. The molecule has 0 bridgehead atoms. The molecule has 3 nitrogen and oxygen atoms in total. The second-order valence-electron chi connectivity index (χ2n) is 6.46. The Morgan fingerprint density at radius 1 is 1.14 bits per heavy atom. The SMILES string of the molecule is CCCNc1ccc(CN2CCC(CC)(CC)CC2)cn1. The van der Waals surface area contributed by atoms with Crippen molar-refractivity contribution in [2.75, 3.05) is 25.0 Å². The van der Waals surface area contributed by atoms with Crippen LogP contribution in [0.5, 0.6) is 0 Å². The lowest BCUT2D eigenvalue weighted by Gasteiger charge is -2.41. The van der Waals surface area contributed by atoms with Gasteiger partial charge in [0.1, 0.15) is 5.82 Å². The Kier molecular flexibility index (Phi) is 6.04. The van der Waals surface area contributed by atoms with Crippen molar-refractivity contribution < 1.29 is 0 Å². The number of pyridine rings is 1. The van der Waals surface area contributed by atoms with E-state index >= 15 is 0 Å². The quantitative estimate of drug-likeness (QED) is 0.811. The van der Waals surface area contributed by atoms with Crippen molar-refractivity contribution >= 4 is 5.82 Å². The summed E-state index contributed by atoms with van der Waals surface area (Å²) in [4.78, 5) is 7.09. The fourth-order valence-corrected chi connectivity index (χ4v) is 3.28. The fourth-order valence-electron chi connectivity index (χ4n) is 3.28. The molecule has 1 aromatic heterocycles. The van der Waals surface area contributed by atoms with E-state index in [9.17, 15) is 0 Å². The van der Waals surface area contributed by atoms with E-state index < -0.39 is 0 Å². The highest BCUT2D eigenvalue weighted by atomic mass is 15.1. The van der Waals surface area contributed by atoms with E-state index in [-0.39, 0.29) is 0 Å². The summed E-state index contributed by atoms with van der Waals surface area (Å²) in [5, 5.41) is 3.33. The van der Waals surface area contributed by atoms with Crippen molar-refractivity contribution in [2.45, 2.75) is 59.4 Å². The Morgan fingerprint density at radius 3 is 2.38 bits per heavy atom. The highest BCUT2D eigenvalue weighted by Crippen LogP contribution is 2.38. The molecule has 0 radical (unpaired) electrons. The van der Waals surface area contributed by atoms with E-state index in [1.165, 1.54) is 44.3 Å². The number of hydrogen-bond acceptors (Lipinski definition) is 3. The Labute approximate surface area is 130 Å². The molecule has 1 aliphatic heterocycles. The highest BCUT2D eigenvalue weighted by molar-refractivity contribution is 5.35. The minimum absolute atomic E-state index is 0.614. The van der Waals surface area contributed by atoms with Gasteiger partial charge in [-0.15, -0.1) is 0 Å². The molecule has 3 heteroatoms. The summed E-state index contributed by atoms with van der Waals surface area (Å²) in [6.07, 6.45) is 8.52. The van der Waals surface area contributed by atoms with Crippen LogP contribution in [0.15, 0.2) is 18.3 Å². The molecule has 118 valence electrons. The average molecular weight is 289 g/mol. The molecule has 1 fully saturated rings. The van der Waals surface area contributed by atoms with Gasteiger partial charge in [0.2, 0.25) is 0 Å². The van der Waals surface area contributed by atoms with Gasteiger partial charge in [0.25, 0.3) is 0 Å². The van der Waals surface area contributed by atoms with Crippen LogP contribution in [0, 0.1) is 5.41 Å². The number of piperidine rings is 1. The number of nitrogens with one attached hydrogen (secondary N) is 1. The second kappa shape index (κ2) is 7.79. The molecule has 0 amide bonds. The van der Waals surface area contributed by atoms with Crippen LogP contribution in [0.4, 0.5) is 5.82 Å². The van der Waals surface area contributed by atoms with E-state index in [0.717, 1.165) is 25.3 Å². The molecular weight excluding hydrogens is 258 g/mol. The standard InChI is InChI=1S/C18H31N3/c1-4-11-19-17-8-7-16(14-20-17)15-21-12-9-18(5-2,6-3)10-13-21/h7-8,14H,4-6,9-13,15H2,1-3H3,(H,19,20). The van der Waals surface area contributed by atoms with Gasteiger partial charge in [0.05, 0.1) is 0 Å². The first-order valence-corrected chi connectivity index (χ1v) is 8.62. The molecule has 2 rings (SSSR count). The summed E-state index contributed by atoms with van der Waals surface area (Å²) >= 11 is 0. The molecule has 2 heterocycles. The number of aromatic nitrogens is 1. The largest absolute Gasteiger partial charge is 0.370 e. The summed E-state index contributed by atoms with van der Waals surface area (Å²) in [6.45, 7) is 11.4. The van der Waals surface area contributed by atoms with Gasteiger partial charge in [0, 0.05) is 19.3 Å². The van der Waals surface area contributed by atoms with Gasteiger partial charge in [-0.2, -0.15) is 0 Å². The highest BCUT2D eigenvalue weighted by Gasteiger charge is 2.30. The predicted octanol–water partition coefficient (Wildman–Crippen LogP) is 4.31. The second-order valence-corrected chi connectivity index (χ2v) is 6.46. The lowest BCUT2D eigenvalue weighted by molar-refractivity contribution is 0.0908. The first-order chi connectivity index (χ1) is 10.2. The molecule has 21 heavy (non-hydrogen) atoms. The van der Waals surface area contributed by atoms with Crippen LogP contribution in [0.2, 0.25) is 0 Å². The zero-order valence-electron chi connectivity index (χ0n) is 14.0. The zero-order valence-corrected chi connectivity index (χ0v) is 14.0. The van der Waals surface area contributed by atoms with E-state index in [4.69, 9.17) is 0 Å². The van der Waals surface area contributed by atoms with Crippen molar-refractivity contribution in [3.63, 3.8) is 0 Å². The minimum atomic E-state index is 0.614. The Hall–Kier alpha value is -1.09. The van der Waals surface area contributed by atoms with Crippen LogP contribution in [-0.4, -0.2) is 29.5 Å². The number of hydrogen-bond donors (Lipinski definition) is 1. The molecule has 1 N–H and O–H groups in total. The maximum Gasteiger partial charge on any atom is 0.125 e. The molecule has 0 saturated carbocycles. The van der Waals surface area contributed by atoms with Gasteiger partial charge in [0.15, 0.2) is 0 Å². The predicted molar refractivity (Wildman–Crippen MR) is 90.5 cm³/mol. The van der Waals surface area contributed by atoms with E-state index in [1.54, 1.807) is 0 Å². The van der Waals surface area contributed by atoms with Crippen LogP contribution in [-0.2, 0) is 6.54 Å². The normalized spacial score (nSPS) is 18.6. The molecule has 0 atom stereocenters. The summed E-state index contributed by atoms with van der Waals surface area (Å²) in [5.41, 5.74) is 1.94. The summed E-state index contributed by atoms with van der Waals surface area (Å²) in [7, 11) is 0. The molecule has 1 saturated heterocycles. The molecular formula is C18H31N3. The van der Waals surface area contributed by atoms with Gasteiger partial charge in [-0.05, 0) is 49.4 Å². The van der Waals surface area contributed by atoms with Crippen LogP contribution in [0.3, 0.4) is 0 Å². The van der Waals surface area contributed by atoms with Crippen molar-refractivity contribution in [2.24, 2.45) is 5.41 Å². The molecule has 0 aromatic carbocycles. The lowest BCUT2D eigenvalue weighted by Crippen LogP contribution is -2.39. The summed E-state index contributed by atoms with van der Waals surface area (Å²) < 4.78 is 0. The Balaban J connectivity index is 1.83. The van der Waals surface area contributed by atoms with Crippen LogP contribution >= 0.6 is 0 Å². The third-order valence-electron chi connectivity index (χ3n) is 5.20. The minimum Gasteiger partial charge on any atom is -0.370 e. The lowest BCUT2D eigenvalue weighted by atomic mass is 9.74. The molecule has 1 aromatic rings. The van der Waals surface area contributed by atoms with Crippen molar-refractivity contribution in [3.8, 4) is 0 Å². The van der Waals surface area contributed by atoms with Crippen LogP contribution in [0.1, 0.15) is 58.4 Å². The topological polar surface area (TPSA) is 28.2 Å². The summed E-state index contributed by atoms with van der Waals surface area (Å²) in [6, 6.07) is 4.32. The van der Waals surface area contributed by atoms with Gasteiger partial charge >= 0.3 is 0 Å². The maximum absolute atomic E-state index is 4.50. The van der Waals surface area contributed by atoms with Crippen molar-refractivity contribution in [1.29, 1.82) is 0 Å². The number of likely N-dealkylation sites (tertiary alicyclic amines) is 1. The van der Waals surface area contributed by atoms with E-state index in [2.05, 4.69) is 48.1 Å². The molecule has 1 aliphatic rings. The van der Waals surface area contributed by atoms with Crippen molar-refractivity contribution in [1.82, 2.24) is 9.88 Å². The van der Waals surface area contributed by atoms with Crippen LogP contribution < -0.4 is 5.32 Å². The van der Waals surface area contributed by atoms with Crippen LogP contribution in [0.25, 0.3) is 0 Å². The Bertz CT molecular complexity index is 399. The smallest absolute Gasteiger partial charge is 0.125 e. The number of nitrogens with zero attached hydrogens (tertiary/aromatic N) is 2. The van der Waals surface area contributed by atoms with Gasteiger partial charge < -0.3 is 5.32 Å². The first-order valence-electron chi connectivity index (χ1n) is 8.62. The first kappa shape index (κ1) is 16.3. The van der Waals surface area contributed by atoms with Gasteiger partial charge in [-0.3, -0.25) is 4.90 Å². The third kappa shape index (κ3) is 4.44. The van der Waals surface area contributed by atoms with E-state index in [0.29, 0.717) is 5.41 Å². The van der Waals surface area contributed by atoms with E-state index in [1.807, 2.05) is 6.20 Å². The number of rotatable bonds is 7. The summed E-state index contributed by atoms with van der Waals surface area (Å²) in [5.74, 6) is 0.996. The third-order valence-corrected chi connectivity index (χ3v) is 5.20. The van der Waals surface area contributed by atoms with Gasteiger partial charge in [-0.1, -0.05) is 39.7 Å².